The Bertz CT molecular complexity index is 1650. The molecule has 0 saturated carbocycles. The standard InChI is InChI=1S/C31H36N4O5S/c1-4-35-20-22-14-15-41(38,39)34(2)26-17-23(18-27(35)30(22)26)31(37)33-25(16-21-10-6-5-7-11-21)28(36)19-32-24-12-8-9-13-29(24)40-3/h5-13,17-18,20,25,28,32,36H,4,14-16,19H2,1-3H3,(H,33,37)/t25-,28?/m0/s1. The molecule has 1 amide bonds. The van der Waals surface area contributed by atoms with E-state index in [4.69, 9.17) is 4.74 Å². The Balaban J connectivity index is 1.46. The molecule has 3 N–H and O–H groups in total. The second-order valence-corrected chi connectivity index (χ2v) is 12.4. The summed E-state index contributed by atoms with van der Waals surface area (Å²) in [5, 5.41) is 18.4. The number of para-hydroxylation sites is 2. The summed E-state index contributed by atoms with van der Waals surface area (Å²) < 4.78 is 34.6. The van der Waals surface area contributed by atoms with Gasteiger partial charge in [-0.25, -0.2) is 8.42 Å². The van der Waals surface area contributed by atoms with Crippen molar-refractivity contribution >= 4 is 38.2 Å². The number of hydrogen-bond acceptors (Lipinski definition) is 6. The van der Waals surface area contributed by atoms with Crippen molar-refractivity contribution < 1.29 is 23.1 Å². The van der Waals surface area contributed by atoms with Gasteiger partial charge in [-0.2, -0.15) is 0 Å². The number of carbonyl (C=O) groups excluding carboxylic acids is 1. The van der Waals surface area contributed by atoms with Crippen molar-refractivity contribution in [2.75, 3.05) is 36.1 Å². The van der Waals surface area contributed by atoms with E-state index in [0.717, 1.165) is 27.7 Å². The maximum Gasteiger partial charge on any atom is 0.251 e. The number of nitrogens with zero attached hydrogens (tertiary/aromatic N) is 2. The molecule has 0 radical (unpaired) electrons. The molecule has 1 aliphatic heterocycles. The molecular weight excluding hydrogens is 540 g/mol. The van der Waals surface area contributed by atoms with Crippen LogP contribution in [0.2, 0.25) is 0 Å². The van der Waals surface area contributed by atoms with E-state index in [2.05, 4.69) is 10.6 Å². The number of methoxy groups -OCH3 is 1. The summed E-state index contributed by atoms with van der Waals surface area (Å²) in [6, 6.07) is 19.9. The third kappa shape index (κ3) is 5.89. The van der Waals surface area contributed by atoms with Crippen molar-refractivity contribution in [3.05, 3.63) is 89.6 Å². The fourth-order valence-electron chi connectivity index (χ4n) is 5.40. The van der Waals surface area contributed by atoms with Crippen molar-refractivity contribution in [3.8, 4) is 5.75 Å². The Hall–Kier alpha value is -4.02. The minimum absolute atomic E-state index is 0.00702. The molecule has 0 spiro atoms. The van der Waals surface area contributed by atoms with E-state index in [9.17, 15) is 18.3 Å². The van der Waals surface area contributed by atoms with Gasteiger partial charge in [-0.05, 0) is 55.2 Å². The molecule has 0 fully saturated rings. The number of anilines is 2. The minimum atomic E-state index is -3.53. The van der Waals surface area contributed by atoms with Crippen LogP contribution in [0.15, 0.2) is 72.9 Å². The molecule has 2 heterocycles. The summed E-state index contributed by atoms with van der Waals surface area (Å²) in [7, 11) is -0.404. The van der Waals surface area contributed by atoms with Crippen LogP contribution in [0.3, 0.4) is 0 Å². The molecule has 0 saturated heterocycles. The second-order valence-electron chi connectivity index (χ2n) is 10.3. The van der Waals surface area contributed by atoms with Gasteiger partial charge in [-0.15, -0.1) is 0 Å². The Morgan fingerprint density at radius 3 is 2.56 bits per heavy atom. The number of nitrogens with one attached hydrogen (secondary N) is 2. The SMILES string of the molecule is CCn1cc2c3c(cc(C(=O)N[C@@H](Cc4ccccc4)C(O)CNc4ccccc4OC)cc31)N(C)S(=O)(=O)CC2. The number of aryl methyl sites for hydroxylation is 2. The number of sulfonamides is 1. The minimum Gasteiger partial charge on any atom is -0.495 e. The largest absolute Gasteiger partial charge is 0.495 e. The molecule has 1 unspecified atom stereocenters. The Morgan fingerprint density at radius 2 is 1.83 bits per heavy atom. The molecule has 9 nitrogen and oxygen atoms in total. The topological polar surface area (TPSA) is 113 Å². The number of benzene rings is 3. The molecule has 41 heavy (non-hydrogen) atoms. The zero-order valence-electron chi connectivity index (χ0n) is 23.5. The van der Waals surface area contributed by atoms with Crippen LogP contribution < -0.4 is 19.7 Å². The number of aliphatic hydroxyl groups is 1. The molecule has 0 bridgehead atoms. The highest BCUT2D eigenvalue weighted by molar-refractivity contribution is 7.92. The van der Waals surface area contributed by atoms with Gasteiger partial charge in [0.25, 0.3) is 5.91 Å². The van der Waals surface area contributed by atoms with Gasteiger partial charge in [0.05, 0.1) is 41.9 Å². The van der Waals surface area contributed by atoms with Gasteiger partial charge in [0.1, 0.15) is 5.75 Å². The number of hydrogen-bond donors (Lipinski definition) is 3. The number of amides is 1. The smallest absolute Gasteiger partial charge is 0.251 e. The Morgan fingerprint density at radius 1 is 1.10 bits per heavy atom. The second kappa shape index (κ2) is 11.8. The van der Waals surface area contributed by atoms with Crippen LogP contribution in [0.25, 0.3) is 10.9 Å². The maximum atomic E-state index is 13.8. The first kappa shape index (κ1) is 28.5. The highest BCUT2D eigenvalue weighted by atomic mass is 32.2. The quantitative estimate of drug-likeness (QED) is 0.265. The van der Waals surface area contributed by atoms with Crippen LogP contribution in [0, 0.1) is 0 Å². The molecule has 0 aliphatic carbocycles. The Kier molecular flexibility index (Phi) is 8.23. The van der Waals surface area contributed by atoms with Crippen LogP contribution in [0.1, 0.15) is 28.4 Å². The lowest BCUT2D eigenvalue weighted by atomic mass is 9.99. The molecule has 216 valence electrons. The van der Waals surface area contributed by atoms with Gasteiger partial charge in [0.15, 0.2) is 0 Å². The molecule has 2 atom stereocenters. The van der Waals surface area contributed by atoms with Crippen molar-refractivity contribution in [1.82, 2.24) is 9.88 Å². The molecule has 1 aromatic heterocycles. The highest BCUT2D eigenvalue weighted by Gasteiger charge is 2.30. The average Bonchev–Trinajstić information content (AvgIpc) is 3.31. The fraction of sp³-hybridized carbons (Fsp3) is 0.323. The van der Waals surface area contributed by atoms with Gasteiger partial charge in [0, 0.05) is 37.3 Å². The summed E-state index contributed by atoms with van der Waals surface area (Å²) in [6.45, 7) is 2.87. The number of rotatable bonds is 10. The summed E-state index contributed by atoms with van der Waals surface area (Å²) >= 11 is 0. The lowest BCUT2D eigenvalue weighted by Crippen LogP contribution is -2.47. The monoisotopic (exact) mass is 576 g/mol. The lowest BCUT2D eigenvalue weighted by molar-refractivity contribution is 0.0851. The van der Waals surface area contributed by atoms with Crippen LogP contribution >= 0.6 is 0 Å². The molecule has 1 aliphatic rings. The molecular formula is C31H36N4O5S. The van der Waals surface area contributed by atoms with Crippen molar-refractivity contribution in [3.63, 3.8) is 0 Å². The molecule has 3 aromatic carbocycles. The predicted molar refractivity (Wildman–Crippen MR) is 162 cm³/mol. The normalized spacial score (nSPS) is 15.7. The number of aliphatic hydroxyl groups excluding tert-OH is 1. The number of ether oxygens (including phenoxy) is 1. The summed E-state index contributed by atoms with van der Waals surface area (Å²) in [5.41, 5.74) is 4.29. The van der Waals surface area contributed by atoms with E-state index < -0.39 is 22.2 Å². The first-order valence-electron chi connectivity index (χ1n) is 13.7. The van der Waals surface area contributed by atoms with E-state index in [0.29, 0.717) is 36.4 Å². The third-order valence-corrected chi connectivity index (χ3v) is 9.47. The molecule has 5 rings (SSSR count). The van der Waals surface area contributed by atoms with Crippen molar-refractivity contribution in [2.45, 2.75) is 38.5 Å². The number of aromatic nitrogens is 1. The van der Waals surface area contributed by atoms with E-state index in [1.165, 1.54) is 11.4 Å². The third-order valence-electron chi connectivity index (χ3n) is 7.72. The van der Waals surface area contributed by atoms with Gasteiger partial charge in [0.2, 0.25) is 10.0 Å². The average molecular weight is 577 g/mol. The highest BCUT2D eigenvalue weighted by Crippen LogP contribution is 2.37. The number of carbonyl (C=O) groups is 1. The van der Waals surface area contributed by atoms with Gasteiger partial charge < -0.3 is 25.0 Å². The zero-order valence-corrected chi connectivity index (χ0v) is 24.3. The van der Waals surface area contributed by atoms with E-state index in [1.54, 1.807) is 13.2 Å². The predicted octanol–water partition coefficient (Wildman–Crippen LogP) is 3.81. The summed E-state index contributed by atoms with van der Waals surface area (Å²) in [4.78, 5) is 13.8. The van der Waals surface area contributed by atoms with E-state index in [-0.39, 0.29) is 18.2 Å². The van der Waals surface area contributed by atoms with Crippen LogP contribution in [0.4, 0.5) is 11.4 Å². The van der Waals surface area contributed by atoms with E-state index >= 15 is 0 Å². The van der Waals surface area contributed by atoms with Gasteiger partial charge in [-0.3, -0.25) is 9.10 Å². The molecule has 4 aromatic rings. The van der Waals surface area contributed by atoms with Gasteiger partial charge >= 0.3 is 0 Å². The first-order valence-corrected chi connectivity index (χ1v) is 15.3. The van der Waals surface area contributed by atoms with Crippen LogP contribution in [-0.2, 0) is 29.4 Å². The Labute approximate surface area is 240 Å². The maximum absolute atomic E-state index is 13.8. The summed E-state index contributed by atoms with van der Waals surface area (Å²) in [5.74, 6) is 0.271. The summed E-state index contributed by atoms with van der Waals surface area (Å²) in [6.07, 6.45) is 1.86. The van der Waals surface area contributed by atoms with Gasteiger partial charge in [-0.1, -0.05) is 42.5 Å². The lowest BCUT2D eigenvalue weighted by Gasteiger charge is -2.26. The first-order chi connectivity index (χ1) is 19.7. The zero-order chi connectivity index (χ0) is 29.1. The van der Waals surface area contributed by atoms with Crippen LogP contribution in [0.5, 0.6) is 5.75 Å². The van der Waals surface area contributed by atoms with Crippen molar-refractivity contribution in [2.24, 2.45) is 0 Å². The van der Waals surface area contributed by atoms with Crippen LogP contribution in [-0.4, -0.2) is 62.6 Å². The molecule has 10 heteroatoms. The van der Waals surface area contributed by atoms with E-state index in [1.807, 2.05) is 78.4 Å². The fourth-order valence-corrected chi connectivity index (χ4v) is 6.59. The van der Waals surface area contributed by atoms with Crippen molar-refractivity contribution in [1.29, 1.82) is 0 Å².